The van der Waals surface area contributed by atoms with Gasteiger partial charge in [0.2, 0.25) is 5.91 Å². The van der Waals surface area contributed by atoms with Crippen molar-refractivity contribution in [2.45, 2.75) is 32.0 Å². The molecule has 0 aromatic heterocycles. The van der Waals surface area contributed by atoms with Gasteiger partial charge in [-0.15, -0.1) is 0 Å². The molecule has 1 atom stereocenters. The molecule has 0 aliphatic carbocycles. The first-order valence-electron chi connectivity index (χ1n) is 7.90. The predicted octanol–water partition coefficient (Wildman–Crippen LogP) is 2.97. The SMILES string of the molecule is O=C1CCC(N(Cc2ccccc2)Cc2ccccc2)CN1. The number of hydrogen-bond acceptors (Lipinski definition) is 2. The Kier molecular flexibility index (Phi) is 4.86. The molecule has 22 heavy (non-hydrogen) atoms. The van der Waals surface area contributed by atoms with Crippen molar-refractivity contribution < 1.29 is 4.79 Å². The molecule has 1 amide bonds. The van der Waals surface area contributed by atoms with Crippen LogP contribution in [0.4, 0.5) is 0 Å². The molecule has 0 saturated carbocycles. The third-order valence-electron chi connectivity index (χ3n) is 4.21. The van der Waals surface area contributed by atoms with Gasteiger partial charge in [-0.3, -0.25) is 9.69 Å². The van der Waals surface area contributed by atoms with E-state index in [4.69, 9.17) is 0 Å². The highest BCUT2D eigenvalue weighted by molar-refractivity contribution is 5.76. The summed E-state index contributed by atoms with van der Waals surface area (Å²) < 4.78 is 0. The highest BCUT2D eigenvalue weighted by Gasteiger charge is 2.24. The van der Waals surface area contributed by atoms with E-state index < -0.39 is 0 Å². The number of rotatable bonds is 5. The molecule has 3 nitrogen and oxygen atoms in total. The van der Waals surface area contributed by atoms with E-state index in [1.54, 1.807) is 0 Å². The van der Waals surface area contributed by atoms with Gasteiger partial charge in [0.05, 0.1) is 0 Å². The van der Waals surface area contributed by atoms with Crippen molar-refractivity contribution in [1.82, 2.24) is 10.2 Å². The van der Waals surface area contributed by atoms with Crippen molar-refractivity contribution in [2.75, 3.05) is 6.54 Å². The van der Waals surface area contributed by atoms with Gasteiger partial charge in [0.1, 0.15) is 0 Å². The van der Waals surface area contributed by atoms with Gasteiger partial charge >= 0.3 is 0 Å². The van der Waals surface area contributed by atoms with E-state index in [9.17, 15) is 4.79 Å². The topological polar surface area (TPSA) is 32.3 Å². The number of benzene rings is 2. The lowest BCUT2D eigenvalue weighted by Gasteiger charge is -2.34. The van der Waals surface area contributed by atoms with Crippen LogP contribution in [0.5, 0.6) is 0 Å². The van der Waals surface area contributed by atoms with Gasteiger partial charge in [-0.1, -0.05) is 60.7 Å². The van der Waals surface area contributed by atoms with E-state index in [0.717, 1.165) is 26.1 Å². The maximum absolute atomic E-state index is 11.4. The standard InChI is InChI=1S/C19H22N2O/c22-19-12-11-18(13-20-19)21(14-16-7-3-1-4-8-16)15-17-9-5-2-6-10-17/h1-10,18H,11-15H2,(H,20,22). The number of nitrogens with one attached hydrogen (secondary N) is 1. The molecule has 1 fully saturated rings. The Morgan fingerprint density at radius 2 is 1.45 bits per heavy atom. The largest absolute Gasteiger partial charge is 0.355 e. The Balaban J connectivity index is 1.74. The van der Waals surface area contributed by atoms with Crippen LogP contribution in [0.15, 0.2) is 60.7 Å². The average molecular weight is 294 g/mol. The molecule has 0 bridgehead atoms. The molecule has 0 spiro atoms. The summed E-state index contributed by atoms with van der Waals surface area (Å²) >= 11 is 0. The van der Waals surface area contributed by atoms with Gasteiger partial charge in [-0.05, 0) is 17.5 Å². The molecule has 3 heteroatoms. The zero-order valence-corrected chi connectivity index (χ0v) is 12.7. The van der Waals surface area contributed by atoms with Gasteiger partial charge < -0.3 is 5.32 Å². The quantitative estimate of drug-likeness (QED) is 0.919. The second-order valence-corrected chi connectivity index (χ2v) is 5.87. The minimum absolute atomic E-state index is 0.177. The Morgan fingerprint density at radius 3 is 1.91 bits per heavy atom. The first-order chi connectivity index (χ1) is 10.8. The third kappa shape index (κ3) is 3.95. The molecular formula is C19H22N2O. The molecule has 1 aliphatic rings. The van der Waals surface area contributed by atoms with E-state index >= 15 is 0 Å². The molecule has 2 aromatic carbocycles. The molecule has 1 N–H and O–H groups in total. The van der Waals surface area contributed by atoms with Crippen LogP contribution in [0.25, 0.3) is 0 Å². The van der Waals surface area contributed by atoms with E-state index in [2.05, 4.69) is 58.7 Å². The van der Waals surface area contributed by atoms with Gasteiger partial charge in [0, 0.05) is 32.1 Å². The lowest BCUT2D eigenvalue weighted by atomic mass is 10.0. The minimum Gasteiger partial charge on any atom is -0.355 e. The summed E-state index contributed by atoms with van der Waals surface area (Å²) in [6.45, 7) is 2.57. The Morgan fingerprint density at radius 1 is 0.909 bits per heavy atom. The second kappa shape index (κ2) is 7.23. The molecular weight excluding hydrogens is 272 g/mol. The summed E-state index contributed by atoms with van der Waals surface area (Å²) in [5, 5.41) is 3.00. The number of amides is 1. The number of piperidine rings is 1. The number of hydrogen-bond donors (Lipinski definition) is 1. The molecule has 114 valence electrons. The summed E-state index contributed by atoms with van der Waals surface area (Å²) in [6.07, 6.45) is 1.57. The smallest absolute Gasteiger partial charge is 0.220 e. The van der Waals surface area contributed by atoms with Crippen LogP contribution in [0.1, 0.15) is 24.0 Å². The zero-order chi connectivity index (χ0) is 15.2. The monoisotopic (exact) mass is 294 g/mol. The minimum atomic E-state index is 0.177. The van der Waals surface area contributed by atoms with Crippen molar-refractivity contribution in [2.24, 2.45) is 0 Å². The van der Waals surface area contributed by atoms with Gasteiger partial charge in [-0.25, -0.2) is 0 Å². The van der Waals surface area contributed by atoms with Crippen molar-refractivity contribution >= 4 is 5.91 Å². The van der Waals surface area contributed by atoms with Crippen molar-refractivity contribution in [3.05, 3.63) is 71.8 Å². The van der Waals surface area contributed by atoms with Crippen LogP contribution in [-0.4, -0.2) is 23.4 Å². The maximum Gasteiger partial charge on any atom is 0.220 e. The van der Waals surface area contributed by atoms with Gasteiger partial charge in [-0.2, -0.15) is 0 Å². The fourth-order valence-corrected chi connectivity index (χ4v) is 2.98. The lowest BCUT2D eigenvalue weighted by molar-refractivity contribution is -0.123. The summed E-state index contributed by atoms with van der Waals surface area (Å²) in [5.74, 6) is 0.177. The Labute approximate surface area is 132 Å². The van der Waals surface area contributed by atoms with Gasteiger partial charge in [0.25, 0.3) is 0 Å². The van der Waals surface area contributed by atoms with E-state index in [1.807, 2.05) is 12.1 Å². The van der Waals surface area contributed by atoms with E-state index in [0.29, 0.717) is 12.5 Å². The summed E-state index contributed by atoms with van der Waals surface area (Å²) in [5.41, 5.74) is 2.63. The normalized spacial score (nSPS) is 18.2. The van der Waals surface area contributed by atoms with Crippen LogP contribution in [0.3, 0.4) is 0 Å². The molecule has 1 unspecified atom stereocenters. The number of nitrogens with zero attached hydrogens (tertiary/aromatic N) is 1. The Bertz CT molecular complexity index is 546. The third-order valence-corrected chi connectivity index (χ3v) is 4.21. The van der Waals surface area contributed by atoms with Crippen LogP contribution in [-0.2, 0) is 17.9 Å². The summed E-state index contributed by atoms with van der Waals surface area (Å²) in [6, 6.07) is 21.5. The second-order valence-electron chi connectivity index (χ2n) is 5.87. The predicted molar refractivity (Wildman–Crippen MR) is 88.2 cm³/mol. The molecule has 0 radical (unpaired) electrons. The lowest BCUT2D eigenvalue weighted by Crippen LogP contribution is -2.47. The fourth-order valence-electron chi connectivity index (χ4n) is 2.98. The molecule has 3 rings (SSSR count). The summed E-state index contributed by atoms with van der Waals surface area (Å²) in [4.78, 5) is 13.9. The zero-order valence-electron chi connectivity index (χ0n) is 12.7. The number of carbonyl (C=O) groups is 1. The van der Waals surface area contributed by atoms with Crippen LogP contribution in [0, 0.1) is 0 Å². The van der Waals surface area contributed by atoms with Crippen LogP contribution in [0.2, 0.25) is 0 Å². The average Bonchev–Trinajstić information content (AvgIpc) is 2.57. The molecule has 1 aliphatic heterocycles. The van der Waals surface area contributed by atoms with Gasteiger partial charge in [0.15, 0.2) is 0 Å². The van der Waals surface area contributed by atoms with E-state index in [1.165, 1.54) is 11.1 Å². The van der Waals surface area contributed by atoms with Crippen LogP contribution < -0.4 is 5.32 Å². The van der Waals surface area contributed by atoms with Crippen LogP contribution >= 0.6 is 0 Å². The maximum atomic E-state index is 11.4. The number of carbonyl (C=O) groups excluding carboxylic acids is 1. The fraction of sp³-hybridized carbons (Fsp3) is 0.316. The highest BCUT2D eigenvalue weighted by atomic mass is 16.1. The summed E-state index contributed by atoms with van der Waals surface area (Å²) in [7, 11) is 0. The van der Waals surface area contributed by atoms with Crippen molar-refractivity contribution in [3.63, 3.8) is 0 Å². The first-order valence-corrected chi connectivity index (χ1v) is 7.90. The molecule has 2 aromatic rings. The van der Waals surface area contributed by atoms with E-state index in [-0.39, 0.29) is 5.91 Å². The molecule has 1 saturated heterocycles. The Hall–Kier alpha value is -2.13. The molecule has 1 heterocycles. The first kappa shape index (κ1) is 14.8. The van der Waals surface area contributed by atoms with Crippen molar-refractivity contribution in [3.8, 4) is 0 Å². The van der Waals surface area contributed by atoms with Crippen molar-refractivity contribution in [1.29, 1.82) is 0 Å². The highest BCUT2D eigenvalue weighted by Crippen LogP contribution is 2.18.